The van der Waals surface area contributed by atoms with Gasteiger partial charge in [-0.05, 0) is 26.8 Å². The third kappa shape index (κ3) is 7.21. The van der Waals surface area contributed by atoms with Crippen LogP contribution < -0.4 is 10.6 Å². The average Bonchev–Trinajstić information content (AvgIpc) is 3.04. The second-order valence-corrected chi connectivity index (χ2v) is 5.92. The quantitative estimate of drug-likeness (QED) is 0.362. The number of carbonyl (C=O) groups excluding carboxylic acids is 1. The molecule has 0 spiro atoms. The van der Waals surface area contributed by atoms with Crippen LogP contribution >= 0.6 is 24.0 Å². The number of hydrogen-bond acceptors (Lipinski definition) is 4. The highest BCUT2D eigenvalue weighted by Gasteiger charge is 2.19. The Morgan fingerprint density at radius 1 is 1.26 bits per heavy atom. The number of morpholine rings is 1. The molecule has 7 nitrogen and oxygen atoms in total. The summed E-state index contributed by atoms with van der Waals surface area (Å²) in [6.45, 7) is 8.12. The van der Waals surface area contributed by atoms with Crippen molar-refractivity contribution in [2.24, 2.45) is 4.99 Å². The Bertz CT molecular complexity index is 388. The molecule has 2 rings (SSSR count). The van der Waals surface area contributed by atoms with Gasteiger partial charge in [0.1, 0.15) is 6.54 Å². The molecule has 1 amide bonds. The average molecular weight is 439 g/mol. The Morgan fingerprint density at radius 2 is 2.00 bits per heavy atom. The maximum absolute atomic E-state index is 12.0. The van der Waals surface area contributed by atoms with Crippen LogP contribution in [0.5, 0.6) is 0 Å². The highest BCUT2D eigenvalue weighted by molar-refractivity contribution is 14.0. The SMILES string of the molecule is CCNC(=NCC(=O)N1CCCC1)NCC1CN(C)CCO1.I. The second-order valence-electron chi connectivity index (χ2n) is 5.92. The number of likely N-dealkylation sites (N-methyl/N-ethyl adjacent to an activating group) is 1. The van der Waals surface area contributed by atoms with Gasteiger partial charge in [-0.2, -0.15) is 0 Å². The number of nitrogens with zero attached hydrogens (tertiary/aromatic N) is 3. The molecule has 0 aromatic heterocycles. The van der Waals surface area contributed by atoms with Crippen molar-refractivity contribution < 1.29 is 9.53 Å². The van der Waals surface area contributed by atoms with Crippen molar-refractivity contribution in [2.75, 3.05) is 59.5 Å². The Balaban J connectivity index is 0.00000264. The number of guanidine groups is 1. The monoisotopic (exact) mass is 439 g/mol. The zero-order chi connectivity index (χ0) is 15.8. The summed E-state index contributed by atoms with van der Waals surface area (Å²) in [4.78, 5) is 20.6. The summed E-state index contributed by atoms with van der Waals surface area (Å²) in [6.07, 6.45) is 2.39. The van der Waals surface area contributed by atoms with Crippen LogP contribution in [0.4, 0.5) is 0 Å². The van der Waals surface area contributed by atoms with E-state index in [4.69, 9.17) is 4.74 Å². The fraction of sp³-hybridized carbons (Fsp3) is 0.867. The van der Waals surface area contributed by atoms with Crippen molar-refractivity contribution in [3.63, 3.8) is 0 Å². The molecule has 0 aromatic carbocycles. The maximum Gasteiger partial charge on any atom is 0.244 e. The van der Waals surface area contributed by atoms with Crippen LogP contribution in [-0.2, 0) is 9.53 Å². The van der Waals surface area contributed by atoms with E-state index in [1.54, 1.807) is 0 Å². The largest absolute Gasteiger partial charge is 0.374 e. The van der Waals surface area contributed by atoms with Gasteiger partial charge < -0.3 is 25.2 Å². The van der Waals surface area contributed by atoms with Crippen LogP contribution in [0.1, 0.15) is 19.8 Å². The van der Waals surface area contributed by atoms with E-state index >= 15 is 0 Å². The summed E-state index contributed by atoms with van der Waals surface area (Å²) in [5, 5.41) is 6.45. The van der Waals surface area contributed by atoms with Crippen LogP contribution in [-0.4, -0.2) is 87.2 Å². The predicted octanol–water partition coefficient (Wildman–Crippen LogP) is 0.113. The number of amides is 1. The summed E-state index contributed by atoms with van der Waals surface area (Å²) in [6, 6.07) is 0. The second kappa shape index (κ2) is 11.0. The molecule has 0 bridgehead atoms. The Labute approximate surface area is 156 Å². The van der Waals surface area contributed by atoms with Gasteiger partial charge in [-0.15, -0.1) is 24.0 Å². The Morgan fingerprint density at radius 3 is 2.65 bits per heavy atom. The first kappa shape index (κ1) is 20.4. The molecule has 2 aliphatic rings. The molecule has 8 heteroatoms. The number of hydrogen-bond donors (Lipinski definition) is 2. The number of nitrogens with one attached hydrogen (secondary N) is 2. The lowest BCUT2D eigenvalue weighted by Gasteiger charge is -2.30. The molecule has 2 aliphatic heterocycles. The summed E-state index contributed by atoms with van der Waals surface area (Å²) >= 11 is 0. The molecule has 2 fully saturated rings. The molecular weight excluding hydrogens is 409 g/mol. The fourth-order valence-corrected chi connectivity index (χ4v) is 2.76. The molecule has 0 aliphatic carbocycles. The van der Waals surface area contributed by atoms with E-state index in [9.17, 15) is 4.79 Å². The predicted molar refractivity (Wildman–Crippen MR) is 102 cm³/mol. The van der Waals surface area contributed by atoms with Gasteiger partial charge in [-0.1, -0.05) is 0 Å². The zero-order valence-corrected chi connectivity index (χ0v) is 16.5. The van der Waals surface area contributed by atoms with Gasteiger partial charge >= 0.3 is 0 Å². The van der Waals surface area contributed by atoms with E-state index in [1.807, 2.05) is 11.8 Å². The van der Waals surface area contributed by atoms with Crippen molar-refractivity contribution in [1.82, 2.24) is 20.4 Å². The lowest BCUT2D eigenvalue weighted by Crippen LogP contribution is -2.48. The number of likely N-dealkylation sites (tertiary alicyclic amines) is 1. The number of aliphatic imine (C=N–C) groups is 1. The third-order valence-corrected chi connectivity index (χ3v) is 4.01. The number of halogens is 1. The summed E-state index contributed by atoms with van der Waals surface area (Å²) < 4.78 is 5.72. The minimum Gasteiger partial charge on any atom is -0.374 e. The summed E-state index contributed by atoms with van der Waals surface area (Å²) in [7, 11) is 2.10. The highest BCUT2D eigenvalue weighted by Crippen LogP contribution is 2.07. The summed E-state index contributed by atoms with van der Waals surface area (Å²) in [5.74, 6) is 0.801. The molecule has 1 unspecified atom stereocenters. The minimum atomic E-state index is 0. The van der Waals surface area contributed by atoms with Gasteiger partial charge in [-0.3, -0.25) is 4.79 Å². The Kier molecular flexibility index (Phi) is 9.80. The van der Waals surface area contributed by atoms with E-state index < -0.39 is 0 Å². The lowest BCUT2D eigenvalue weighted by molar-refractivity contribution is -0.128. The number of rotatable bonds is 5. The van der Waals surface area contributed by atoms with Gasteiger partial charge in [-0.25, -0.2) is 4.99 Å². The van der Waals surface area contributed by atoms with Crippen molar-refractivity contribution >= 4 is 35.8 Å². The van der Waals surface area contributed by atoms with Crippen molar-refractivity contribution in [3.05, 3.63) is 0 Å². The minimum absolute atomic E-state index is 0. The maximum atomic E-state index is 12.0. The third-order valence-electron chi connectivity index (χ3n) is 4.01. The first-order chi connectivity index (χ1) is 10.7. The van der Waals surface area contributed by atoms with Gasteiger partial charge in [0.2, 0.25) is 5.91 Å². The van der Waals surface area contributed by atoms with Crippen LogP contribution in [0.2, 0.25) is 0 Å². The van der Waals surface area contributed by atoms with Crippen LogP contribution in [0.3, 0.4) is 0 Å². The molecule has 134 valence electrons. The zero-order valence-electron chi connectivity index (χ0n) is 14.2. The van der Waals surface area contributed by atoms with Gasteiger partial charge in [0.25, 0.3) is 0 Å². The topological polar surface area (TPSA) is 69.2 Å². The van der Waals surface area contributed by atoms with Crippen LogP contribution in [0, 0.1) is 0 Å². The first-order valence-corrected chi connectivity index (χ1v) is 8.29. The molecule has 1 atom stereocenters. The van der Waals surface area contributed by atoms with Crippen molar-refractivity contribution in [1.29, 1.82) is 0 Å². The number of ether oxygens (including phenoxy) is 1. The standard InChI is InChI=1S/C15H29N5O2.HI/c1-3-16-15(17-10-13-12-19(2)8-9-22-13)18-11-14(21)20-6-4-5-7-20;/h13H,3-12H2,1-2H3,(H2,16,17,18);1H. The first-order valence-electron chi connectivity index (χ1n) is 8.29. The molecule has 0 radical (unpaired) electrons. The van der Waals surface area contributed by atoms with Gasteiger partial charge in [0.05, 0.1) is 12.7 Å². The molecular formula is C15H30IN5O2. The Hall–Kier alpha value is -0.610. The molecule has 2 heterocycles. The van der Waals surface area contributed by atoms with E-state index in [-0.39, 0.29) is 42.5 Å². The van der Waals surface area contributed by atoms with E-state index in [2.05, 4.69) is 27.6 Å². The fourth-order valence-electron chi connectivity index (χ4n) is 2.76. The van der Waals surface area contributed by atoms with E-state index in [1.165, 1.54) is 0 Å². The smallest absolute Gasteiger partial charge is 0.244 e. The normalized spacial score (nSPS) is 22.6. The van der Waals surface area contributed by atoms with Crippen molar-refractivity contribution in [3.8, 4) is 0 Å². The highest BCUT2D eigenvalue weighted by atomic mass is 127. The molecule has 23 heavy (non-hydrogen) atoms. The molecule has 2 N–H and O–H groups in total. The lowest BCUT2D eigenvalue weighted by atomic mass is 10.3. The van der Waals surface area contributed by atoms with Gasteiger partial charge in [0, 0.05) is 39.3 Å². The van der Waals surface area contributed by atoms with Gasteiger partial charge in [0.15, 0.2) is 5.96 Å². The van der Waals surface area contributed by atoms with Crippen LogP contribution in [0.25, 0.3) is 0 Å². The van der Waals surface area contributed by atoms with Crippen molar-refractivity contribution in [2.45, 2.75) is 25.9 Å². The molecule has 2 saturated heterocycles. The molecule has 0 saturated carbocycles. The van der Waals surface area contributed by atoms with E-state index in [0.29, 0.717) is 12.5 Å². The summed E-state index contributed by atoms with van der Waals surface area (Å²) in [5.41, 5.74) is 0. The number of carbonyl (C=O) groups is 1. The van der Waals surface area contributed by atoms with Crippen LogP contribution in [0.15, 0.2) is 4.99 Å². The molecule has 0 aromatic rings. The van der Waals surface area contributed by atoms with E-state index in [0.717, 1.165) is 52.2 Å².